The van der Waals surface area contributed by atoms with Crippen LogP contribution in [0.3, 0.4) is 0 Å². The van der Waals surface area contributed by atoms with Gasteiger partial charge in [0.2, 0.25) is 11.8 Å². The molecule has 0 radical (unpaired) electrons. The summed E-state index contributed by atoms with van der Waals surface area (Å²) in [4.78, 5) is 38.4. The first kappa shape index (κ1) is 20.2. The van der Waals surface area contributed by atoms with Gasteiger partial charge in [-0.25, -0.2) is 0 Å². The van der Waals surface area contributed by atoms with E-state index in [4.69, 9.17) is 23.2 Å². The van der Waals surface area contributed by atoms with Crippen molar-refractivity contribution in [1.29, 1.82) is 0 Å². The van der Waals surface area contributed by atoms with E-state index >= 15 is 0 Å². The molecule has 2 aromatic rings. The van der Waals surface area contributed by atoms with E-state index in [0.29, 0.717) is 18.7 Å². The van der Waals surface area contributed by atoms with Crippen molar-refractivity contribution in [3.05, 3.63) is 58.1 Å². The summed E-state index contributed by atoms with van der Waals surface area (Å²) in [7, 11) is 0. The molecule has 1 unspecified atom stereocenters. The molecular formula is C20H19Cl2N3O3. The maximum atomic E-state index is 12.5. The van der Waals surface area contributed by atoms with E-state index in [-0.39, 0.29) is 21.5 Å². The number of hydrogen-bond donors (Lipinski definition) is 2. The number of benzene rings is 2. The second kappa shape index (κ2) is 8.63. The van der Waals surface area contributed by atoms with Crippen LogP contribution in [0.2, 0.25) is 10.0 Å². The predicted molar refractivity (Wildman–Crippen MR) is 110 cm³/mol. The van der Waals surface area contributed by atoms with Gasteiger partial charge in [-0.2, -0.15) is 0 Å². The van der Waals surface area contributed by atoms with Crippen molar-refractivity contribution in [3.8, 4) is 0 Å². The van der Waals surface area contributed by atoms with Gasteiger partial charge in [0.05, 0.1) is 15.6 Å². The van der Waals surface area contributed by atoms with Gasteiger partial charge < -0.3 is 15.5 Å². The topological polar surface area (TPSA) is 78.5 Å². The Kier molecular flexibility index (Phi) is 6.21. The Hall–Kier alpha value is -2.57. The SMILES string of the molecule is CC(NC(=O)c1cccc(Cl)c1Cl)C(=O)Nc1cccc(N2CCCC2=O)c1. The van der Waals surface area contributed by atoms with E-state index in [1.165, 1.54) is 6.07 Å². The molecule has 0 aromatic heterocycles. The fourth-order valence-electron chi connectivity index (χ4n) is 2.94. The Labute approximate surface area is 172 Å². The molecule has 1 saturated heterocycles. The van der Waals surface area contributed by atoms with Gasteiger partial charge in [0.15, 0.2) is 0 Å². The molecule has 1 fully saturated rings. The van der Waals surface area contributed by atoms with Crippen molar-refractivity contribution in [2.75, 3.05) is 16.8 Å². The van der Waals surface area contributed by atoms with E-state index in [2.05, 4.69) is 10.6 Å². The first-order valence-electron chi connectivity index (χ1n) is 8.83. The predicted octanol–water partition coefficient (Wildman–Crippen LogP) is 3.88. The average molecular weight is 420 g/mol. The van der Waals surface area contributed by atoms with Crippen molar-refractivity contribution in [2.45, 2.75) is 25.8 Å². The van der Waals surface area contributed by atoms with E-state index in [1.807, 2.05) is 6.07 Å². The molecular weight excluding hydrogens is 401 g/mol. The molecule has 0 spiro atoms. The standard InChI is InChI=1S/C20H19Cl2N3O3/c1-12(23-20(28)15-7-3-8-16(21)18(15)22)19(27)24-13-5-2-6-14(11-13)25-10-4-9-17(25)26/h2-3,5-8,11-12H,4,9-10H2,1H3,(H,23,28)(H,24,27). The smallest absolute Gasteiger partial charge is 0.253 e. The van der Waals surface area contributed by atoms with Crippen molar-refractivity contribution in [3.63, 3.8) is 0 Å². The number of nitrogens with zero attached hydrogens (tertiary/aromatic N) is 1. The zero-order valence-electron chi connectivity index (χ0n) is 15.2. The van der Waals surface area contributed by atoms with Crippen LogP contribution in [0.25, 0.3) is 0 Å². The molecule has 28 heavy (non-hydrogen) atoms. The van der Waals surface area contributed by atoms with Crippen molar-refractivity contribution in [1.82, 2.24) is 5.32 Å². The fourth-order valence-corrected chi connectivity index (χ4v) is 3.33. The van der Waals surface area contributed by atoms with E-state index in [1.54, 1.807) is 42.2 Å². The molecule has 3 rings (SSSR count). The Morgan fingerprint density at radius 2 is 1.89 bits per heavy atom. The molecule has 1 aliphatic heterocycles. The van der Waals surface area contributed by atoms with Gasteiger partial charge in [-0.05, 0) is 43.7 Å². The van der Waals surface area contributed by atoms with Crippen LogP contribution >= 0.6 is 23.2 Å². The monoisotopic (exact) mass is 419 g/mol. The van der Waals surface area contributed by atoms with Crippen LogP contribution in [0, 0.1) is 0 Å². The quantitative estimate of drug-likeness (QED) is 0.771. The molecule has 6 nitrogen and oxygen atoms in total. The normalized spacial score (nSPS) is 14.7. The lowest BCUT2D eigenvalue weighted by molar-refractivity contribution is -0.118. The first-order chi connectivity index (χ1) is 13.4. The average Bonchev–Trinajstić information content (AvgIpc) is 3.10. The Morgan fingerprint density at radius 3 is 2.61 bits per heavy atom. The van der Waals surface area contributed by atoms with Gasteiger partial charge in [0, 0.05) is 24.3 Å². The summed E-state index contributed by atoms with van der Waals surface area (Å²) in [6.45, 7) is 2.24. The summed E-state index contributed by atoms with van der Waals surface area (Å²) in [5, 5.41) is 5.75. The van der Waals surface area contributed by atoms with Crippen LogP contribution in [0.4, 0.5) is 11.4 Å². The van der Waals surface area contributed by atoms with Crippen LogP contribution in [0.5, 0.6) is 0 Å². The van der Waals surface area contributed by atoms with E-state index in [0.717, 1.165) is 12.1 Å². The minimum Gasteiger partial charge on any atom is -0.340 e. The number of carbonyl (C=O) groups is 3. The number of rotatable bonds is 5. The largest absolute Gasteiger partial charge is 0.340 e. The van der Waals surface area contributed by atoms with Gasteiger partial charge >= 0.3 is 0 Å². The molecule has 0 aliphatic carbocycles. The number of amides is 3. The molecule has 1 atom stereocenters. The highest BCUT2D eigenvalue weighted by atomic mass is 35.5. The van der Waals surface area contributed by atoms with Crippen LogP contribution in [-0.4, -0.2) is 30.3 Å². The molecule has 146 valence electrons. The van der Waals surface area contributed by atoms with Gasteiger partial charge in [-0.1, -0.05) is 35.3 Å². The highest BCUT2D eigenvalue weighted by Gasteiger charge is 2.23. The molecule has 2 N–H and O–H groups in total. The minimum absolute atomic E-state index is 0.0718. The van der Waals surface area contributed by atoms with Crippen LogP contribution in [0.15, 0.2) is 42.5 Å². The van der Waals surface area contributed by atoms with E-state index < -0.39 is 17.9 Å². The molecule has 0 bridgehead atoms. The highest BCUT2D eigenvalue weighted by molar-refractivity contribution is 6.43. The number of carbonyl (C=O) groups excluding carboxylic acids is 3. The zero-order valence-corrected chi connectivity index (χ0v) is 16.7. The molecule has 3 amide bonds. The lowest BCUT2D eigenvalue weighted by atomic mass is 10.2. The number of anilines is 2. The third-order valence-corrected chi connectivity index (χ3v) is 5.25. The molecule has 1 heterocycles. The van der Waals surface area contributed by atoms with Crippen LogP contribution < -0.4 is 15.5 Å². The van der Waals surface area contributed by atoms with Gasteiger partial charge in [0.25, 0.3) is 5.91 Å². The maximum Gasteiger partial charge on any atom is 0.253 e. The molecule has 1 aliphatic rings. The summed E-state index contributed by atoms with van der Waals surface area (Å²) >= 11 is 12.0. The summed E-state index contributed by atoms with van der Waals surface area (Å²) in [6.07, 6.45) is 1.36. The number of hydrogen-bond acceptors (Lipinski definition) is 3. The maximum absolute atomic E-state index is 12.5. The van der Waals surface area contributed by atoms with E-state index in [9.17, 15) is 14.4 Å². The van der Waals surface area contributed by atoms with Gasteiger partial charge in [-0.3, -0.25) is 14.4 Å². The molecule has 8 heteroatoms. The van der Waals surface area contributed by atoms with Crippen molar-refractivity contribution >= 4 is 52.3 Å². The summed E-state index contributed by atoms with van der Waals surface area (Å²) in [6, 6.07) is 11.0. The van der Waals surface area contributed by atoms with Crippen LogP contribution in [-0.2, 0) is 9.59 Å². The second-order valence-corrected chi connectivity index (χ2v) is 7.27. The third kappa shape index (κ3) is 4.46. The molecule has 0 saturated carbocycles. The van der Waals surface area contributed by atoms with Gasteiger partial charge in [-0.15, -0.1) is 0 Å². The molecule has 2 aromatic carbocycles. The number of halogens is 2. The second-order valence-electron chi connectivity index (χ2n) is 6.49. The first-order valence-corrected chi connectivity index (χ1v) is 9.58. The zero-order chi connectivity index (χ0) is 20.3. The highest BCUT2D eigenvalue weighted by Crippen LogP contribution is 2.26. The Bertz CT molecular complexity index is 933. The Morgan fingerprint density at radius 1 is 1.14 bits per heavy atom. The van der Waals surface area contributed by atoms with Gasteiger partial charge in [0.1, 0.15) is 6.04 Å². The summed E-state index contributed by atoms with van der Waals surface area (Å²) < 4.78 is 0. The lowest BCUT2D eigenvalue weighted by Gasteiger charge is -2.18. The fraction of sp³-hybridized carbons (Fsp3) is 0.250. The third-order valence-electron chi connectivity index (χ3n) is 4.44. The minimum atomic E-state index is -0.806. The number of nitrogens with one attached hydrogen (secondary N) is 2. The van der Waals surface area contributed by atoms with Crippen molar-refractivity contribution in [2.24, 2.45) is 0 Å². The summed E-state index contributed by atoms with van der Waals surface area (Å²) in [5.74, 6) is -0.814. The van der Waals surface area contributed by atoms with Crippen LogP contribution in [0.1, 0.15) is 30.1 Å². The van der Waals surface area contributed by atoms with Crippen molar-refractivity contribution < 1.29 is 14.4 Å². The lowest BCUT2D eigenvalue weighted by Crippen LogP contribution is -2.41. The summed E-state index contributed by atoms with van der Waals surface area (Å²) in [5.41, 5.74) is 1.48. The Balaban J connectivity index is 1.65.